The Labute approximate surface area is 116 Å². The highest BCUT2D eigenvalue weighted by Crippen LogP contribution is 2.36. The van der Waals surface area contributed by atoms with Gasteiger partial charge in [-0.2, -0.15) is 11.8 Å². The fourth-order valence-corrected chi connectivity index (χ4v) is 3.46. The van der Waals surface area contributed by atoms with Crippen molar-refractivity contribution in [3.8, 4) is 0 Å². The summed E-state index contributed by atoms with van der Waals surface area (Å²) in [6.07, 6.45) is 2.33. The minimum atomic E-state index is -0.409. The molecule has 0 spiro atoms. The smallest absolute Gasteiger partial charge is 0.251 e. The van der Waals surface area contributed by atoms with Crippen molar-refractivity contribution in [1.82, 2.24) is 5.32 Å². The number of amides is 1. The van der Waals surface area contributed by atoms with Gasteiger partial charge in [0.2, 0.25) is 0 Å². The average molecular weight is 285 g/mol. The molecule has 0 aliphatic carbocycles. The van der Waals surface area contributed by atoms with Gasteiger partial charge in [-0.15, -0.1) is 12.6 Å². The highest BCUT2D eigenvalue weighted by molar-refractivity contribution is 8.00. The van der Waals surface area contributed by atoms with Gasteiger partial charge in [0.25, 0.3) is 5.91 Å². The van der Waals surface area contributed by atoms with E-state index in [1.807, 2.05) is 11.8 Å². The molecule has 2 nitrogen and oxygen atoms in total. The molecule has 1 saturated heterocycles. The number of carbonyl (C=O) groups excluding carboxylic acids is 1. The van der Waals surface area contributed by atoms with Crippen LogP contribution in [0.1, 0.15) is 30.1 Å². The molecule has 1 fully saturated rings. The van der Waals surface area contributed by atoms with Gasteiger partial charge in [0, 0.05) is 21.8 Å². The van der Waals surface area contributed by atoms with Crippen molar-refractivity contribution >= 4 is 30.3 Å². The number of hydrogen-bond acceptors (Lipinski definition) is 3. The van der Waals surface area contributed by atoms with Crippen LogP contribution in [-0.2, 0) is 0 Å². The number of rotatable bonds is 3. The Bertz CT molecular complexity index is 458. The second-order valence-corrected chi connectivity index (χ2v) is 6.92. The highest BCUT2D eigenvalue weighted by atomic mass is 32.2. The lowest BCUT2D eigenvalue weighted by Gasteiger charge is -2.22. The minimum absolute atomic E-state index is 0.138. The second-order valence-electron chi connectivity index (χ2n) is 4.75. The van der Waals surface area contributed by atoms with E-state index in [1.165, 1.54) is 24.6 Å². The third kappa shape index (κ3) is 3.20. The van der Waals surface area contributed by atoms with Crippen LogP contribution in [0.25, 0.3) is 0 Å². The molecule has 2 rings (SSSR count). The first kappa shape index (κ1) is 13.7. The van der Waals surface area contributed by atoms with Crippen LogP contribution in [0.5, 0.6) is 0 Å². The molecule has 5 heteroatoms. The molecule has 1 atom stereocenters. The first-order valence-electron chi connectivity index (χ1n) is 5.91. The van der Waals surface area contributed by atoms with Gasteiger partial charge in [-0.05, 0) is 43.7 Å². The van der Waals surface area contributed by atoms with Crippen molar-refractivity contribution in [3.63, 3.8) is 0 Å². The number of thiol groups is 1. The molecule has 1 aliphatic heterocycles. The van der Waals surface area contributed by atoms with E-state index in [0.29, 0.717) is 12.1 Å². The van der Waals surface area contributed by atoms with Crippen LogP contribution in [0.4, 0.5) is 4.39 Å². The van der Waals surface area contributed by atoms with E-state index in [1.54, 1.807) is 0 Å². The van der Waals surface area contributed by atoms with Gasteiger partial charge in [0.1, 0.15) is 5.82 Å². The number of benzene rings is 1. The highest BCUT2D eigenvalue weighted by Gasteiger charge is 2.29. The quantitative estimate of drug-likeness (QED) is 0.836. The van der Waals surface area contributed by atoms with Crippen LogP contribution in [-0.4, -0.2) is 23.0 Å². The lowest BCUT2D eigenvalue weighted by Crippen LogP contribution is -2.36. The first-order chi connectivity index (χ1) is 8.50. The minimum Gasteiger partial charge on any atom is -0.351 e. The molecule has 1 amide bonds. The molecule has 1 unspecified atom stereocenters. The maximum absolute atomic E-state index is 13.0. The van der Waals surface area contributed by atoms with Crippen LogP contribution in [0.15, 0.2) is 23.1 Å². The summed E-state index contributed by atoms with van der Waals surface area (Å²) >= 11 is 5.87. The average Bonchev–Trinajstić information content (AvgIpc) is 2.77. The summed E-state index contributed by atoms with van der Waals surface area (Å²) in [7, 11) is 0. The van der Waals surface area contributed by atoms with Crippen molar-refractivity contribution in [2.45, 2.75) is 29.4 Å². The third-order valence-corrected chi connectivity index (χ3v) is 5.01. The maximum Gasteiger partial charge on any atom is 0.251 e. The van der Waals surface area contributed by atoms with E-state index >= 15 is 0 Å². The lowest BCUT2D eigenvalue weighted by molar-refractivity contribution is 0.0949. The summed E-state index contributed by atoms with van der Waals surface area (Å²) in [6, 6.07) is 4.20. The third-order valence-electron chi connectivity index (χ3n) is 3.13. The summed E-state index contributed by atoms with van der Waals surface area (Å²) < 4.78 is 13.2. The molecule has 1 N–H and O–H groups in total. The Morgan fingerprint density at radius 1 is 1.61 bits per heavy atom. The van der Waals surface area contributed by atoms with Crippen molar-refractivity contribution in [2.75, 3.05) is 12.3 Å². The zero-order chi connectivity index (χ0) is 13.2. The molecular weight excluding hydrogens is 269 g/mol. The predicted octanol–water partition coefficient (Wildman–Crippen LogP) is 3.13. The van der Waals surface area contributed by atoms with Crippen LogP contribution in [0, 0.1) is 5.82 Å². The summed E-state index contributed by atoms with van der Waals surface area (Å²) in [6.45, 7) is 2.81. The molecular formula is C13H16FNOS2. The molecule has 0 saturated carbocycles. The van der Waals surface area contributed by atoms with Gasteiger partial charge in [-0.25, -0.2) is 4.39 Å². The Morgan fingerprint density at radius 3 is 3.00 bits per heavy atom. The summed E-state index contributed by atoms with van der Waals surface area (Å²) in [5.74, 6) is 0.580. The van der Waals surface area contributed by atoms with Crippen molar-refractivity contribution < 1.29 is 9.18 Å². The Hall–Kier alpha value is -0.680. The number of carbonyl (C=O) groups is 1. The molecule has 0 bridgehead atoms. The SMILES string of the molecule is CC1(CNC(=O)c2ccc(F)c(S)c2)CCCS1. The van der Waals surface area contributed by atoms with Gasteiger partial charge in [0.15, 0.2) is 0 Å². The van der Waals surface area contributed by atoms with Crippen LogP contribution in [0.2, 0.25) is 0 Å². The van der Waals surface area contributed by atoms with Crippen LogP contribution >= 0.6 is 24.4 Å². The number of thioether (sulfide) groups is 1. The number of nitrogens with one attached hydrogen (secondary N) is 1. The standard InChI is InChI=1S/C13H16FNOS2/c1-13(5-2-6-18-13)8-15-12(16)9-3-4-10(14)11(17)7-9/h3-4,7,17H,2,5-6,8H2,1H3,(H,15,16). The molecule has 1 aliphatic rings. The monoisotopic (exact) mass is 285 g/mol. The number of hydrogen-bond donors (Lipinski definition) is 2. The summed E-state index contributed by atoms with van der Waals surface area (Å²) in [5.41, 5.74) is 0.452. The van der Waals surface area contributed by atoms with Crippen molar-refractivity contribution in [3.05, 3.63) is 29.6 Å². The molecule has 0 radical (unpaired) electrons. The van der Waals surface area contributed by atoms with Gasteiger partial charge in [-0.3, -0.25) is 4.79 Å². The topological polar surface area (TPSA) is 29.1 Å². The molecule has 1 aromatic carbocycles. The van der Waals surface area contributed by atoms with E-state index in [-0.39, 0.29) is 15.5 Å². The van der Waals surface area contributed by atoms with Crippen molar-refractivity contribution in [1.29, 1.82) is 0 Å². The number of halogens is 1. The Balaban J connectivity index is 1.97. The molecule has 98 valence electrons. The Kier molecular flexibility index (Phi) is 4.22. The molecule has 1 heterocycles. The van der Waals surface area contributed by atoms with Gasteiger partial charge >= 0.3 is 0 Å². The fourth-order valence-electron chi connectivity index (χ4n) is 2.00. The maximum atomic E-state index is 13.0. The van der Waals surface area contributed by atoms with E-state index in [0.717, 1.165) is 12.2 Å². The zero-order valence-corrected chi connectivity index (χ0v) is 11.9. The molecule has 18 heavy (non-hydrogen) atoms. The van der Waals surface area contributed by atoms with E-state index in [2.05, 4.69) is 24.9 Å². The van der Waals surface area contributed by atoms with Gasteiger partial charge in [-0.1, -0.05) is 0 Å². The van der Waals surface area contributed by atoms with Crippen molar-refractivity contribution in [2.24, 2.45) is 0 Å². The van der Waals surface area contributed by atoms with Gasteiger partial charge < -0.3 is 5.32 Å². The zero-order valence-electron chi connectivity index (χ0n) is 10.2. The normalized spacial score (nSPS) is 23.1. The Morgan fingerprint density at radius 2 is 2.39 bits per heavy atom. The van der Waals surface area contributed by atoms with Crippen LogP contribution < -0.4 is 5.32 Å². The summed E-state index contributed by atoms with van der Waals surface area (Å²) in [4.78, 5) is 12.1. The van der Waals surface area contributed by atoms with E-state index in [4.69, 9.17) is 0 Å². The first-order valence-corrected chi connectivity index (χ1v) is 7.34. The lowest BCUT2D eigenvalue weighted by atomic mass is 10.1. The molecule has 1 aromatic rings. The van der Waals surface area contributed by atoms with E-state index < -0.39 is 5.82 Å². The summed E-state index contributed by atoms with van der Waals surface area (Å²) in [5, 5.41) is 2.91. The second kappa shape index (κ2) is 5.53. The van der Waals surface area contributed by atoms with Gasteiger partial charge in [0.05, 0.1) is 0 Å². The van der Waals surface area contributed by atoms with Crippen LogP contribution in [0.3, 0.4) is 0 Å². The largest absolute Gasteiger partial charge is 0.351 e. The fraction of sp³-hybridized carbons (Fsp3) is 0.462. The molecule has 0 aromatic heterocycles. The van der Waals surface area contributed by atoms with E-state index in [9.17, 15) is 9.18 Å². The predicted molar refractivity (Wildman–Crippen MR) is 76.1 cm³/mol.